The number of rotatable bonds is 6. The summed E-state index contributed by atoms with van der Waals surface area (Å²) in [5.41, 5.74) is 13.1. The van der Waals surface area contributed by atoms with Gasteiger partial charge in [0.2, 0.25) is 0 Å². The molecular weight excluding hydrogens is 486 g/mol. The minimum atomic E-state index is -0.406. The molecule has 38 heavy (non-hydrogen) atoms. The molecule has 0 bridgehead atoms. The van der Waals surface area contributed by atoms with Gasteiger partial charge in [-0.05, 0) is 88.8 Å². The van der Waals surface area contributed by atoms with Gasteiger partial charge in [-0.25, -0.2) is 17.6 Å². The number of benzene rings is 5. The van der Waals surface area contributed by atoms with E-state index in [1.54, 1.807) is 48.5 Å². The van der Waals surface area contributed by atoms with Crippen molar-refractivity contribution < 1.29 is 17.6 Å². The lowest BCUT2D eigenvalue weighted by Crippen LogP contribution is -2.13. The average molecular weight is 512 g/mol. The van der Waals surface area contributed by atoms with Crippen molar-refractivity contribution in [2.75, 3.05) is 5.73 Å². The molecule has 0 heterocycles. The molecule has 0 radical (unpaired) electrons. The maximum Gasteiger partial charge on any atom is 0.123 e. The normalized spacial score (nSPS) is 11.3. The zero-order valence-corrected chi connectivity index (χ0v) is 20.6. The standard InChI is InChI=1S/C33H25F4N/c1-20-18-29(31(21-2-10-25(34)11-3-21)22-4-12-26(35)13-5-22)33(38)30(19-20)32(23-6-14-27(36)15-7-23)24-8-16-28(37)17-9-24/h2-19,31-32H,38H2,1H3. The minimum absolute atomic E-state index is 0.364. The summed E-state index contributed by atoms with van der Waals surface area (Å²) in [6.07, 6.45) is 0. The third kappa shape index (κ3) is 5.18. The first kappa shape index (κ1) is 25.3. The molecular formula is C33H25F4N. The SMILES string of the molecule is Cc1cc(C(c2ccc(F)cc2)c2ccc(F)cc2)c(N)c(C(c2ccc(F)cc2)c2ccc(F)cc2)c1. The molecule has 5 aromatic rings. The zero-order valence-electron chi connectivity index (χ0n) is 20.6. The second-order valence-corrected chi connectivity index (χ2v) is 9.43. The molecule has 5 aromatic carbocycles. The van der Waals surface area contributed by atoms with Gasteiger partial charge in [0.1, 0.15) is 23.3 Å². The van der Waals surface area contributed by atoms with Crippen LogP contribution in [-0.4, -0.2) is 0 Å². The van der Waals surface area contributed by atoms with E-state index in [2.05, 4.69) is 0 Å². The van der Waals surface area contributed by atoms with E-state index in [0.717, 1.165) is 38.9 Å². The summed E-state index contributed by atoms with van der Waals surface area (Å²) in [6.45, 7) is 1.95. The van der Waals surface area contributed by atoms with Gasteiger partial charge in [0, 0.05) is 17.5 Å². The average Bonchev–Trinajstić information content (AvgIpc) is 2.91. The molecule has 0 aromatic heterocycles. The lowest BCUT2D eigenvalue weighted by atomic mass is 9.78. The van der Waals surface area contributed by atoms with Crippen LogP contribution in [-0.2, 0) is 0 Å². The largest absolute Gasteiger partial charge is 0.398 e. The highest BCUT2D eigenvalue weighted by atomic mass is 19.1. The Hall–Kier alpha value is -4.38. The molecule has 0 saturated carbocycles. The van der Waals surface area contributed by atoms with Crippen LogP contribution in [0.5, 0.6) is 0 Å². The number of nitrogens with two attached hydrogens (primary N) is 1. The van der Waals surface area contributed by atoms with Crippen LogP contribution >= 0.6 is 0 Å². The van der Waals surface area contributed by atoms with E-state index < -0.39 is 11.8 Å². The summed E-state index contributed by atoms with van der Waals surface area (Å²) in [7, 11) is 0. The molecule has 0 fully saturated rings. The first-order chi connectivity index (χ1) is 18.3. The Balaban J connectivity index is 1.74. The highest BCUT2D eigenvalue weighted by Crippen LogP contribution is 2.42. The van der Waals surface area contributed by atoms with Crippen molar-refractivity contribution in [3.63, 3.8) is 0 Å². The molecule has 0 aliphatic heterocycles. The monoisotopic (exact) mass is 511 g/mol. The fraction of sp³-hybridized carbons (Fsp3) is 0.0909. The van der Waals surface area contributed by atoms with Crippen molar-refractivity contribution in [2.24, 2.45) is 0 Å². The Morgan fingerprint density at radius 3 is 0.921 bits per heavy atom. The molecule has 0 saturated heterocycles. The van der Waals surface area contributed by atoms with E-state index in [0.29, 0.717) is 5.69 Å². The maximum absolute atomic E-state index is 13.8. The number of anilines is 1. The number of aryl methyl sites for hydroxylation is 1. The van der Waals surface area contributed by atoms with Gasteiger partial charge in [0.05, 0.1) is 0 Å². The number of hydrogen-bond acceptors (Lipinski definition) is 1. The van der Waals surface area contributed by atoms with Gasteiger partial charge in [-0.2, -0.15) is 0 Å². The predicted octanol–water partition coefficient (Wildman–Crippen LogP) is 8.49. The Morgan fingerprint density at radius 1 is 0.447 bits per heavy atom. The van der Waals surface area contributed by atoms with Crippen molar-refractivity contribution in [1.29, 1.82) is 0 Å². The van der Waals surface area contributed by atoms with Gasteiger partial charge in [-0.15, -0.1) is 0 Å². The topological polar surface area (TPSA) is 26.0 Å². The summed E-state index contributed by atoms with van der Waals surface area (Å²) in [4.78, 5) is 0. The van der Waals surface area contributed by atoms with E-state index in [1.165, 1.54) is 48.5 Å². The van der Waals surface area contributed by atoms with Gasteiger partial charge in [-0.1, -0.05) is 66.2 Å². The molecule has 5 heteroatoms. The molecule has 0 spiro atoms. The molecule has 0 aliphatic rings. The third-order valence-electron chi connectivity index (χ3n) is 6.82. The lowest BCUT2D eigenvalue weighted by Gasteiger charge is -2.27. The molecule has 2 N–H and O–H groups in total. The number of halogens is 4. The van der Waals surface area contributed by atoms with Crippen LogP contribution in [0.2, 0.25) is 0 Å². The third-order valence-corrected chi connectivity index (χ3v) is 6.82. The Kier molecular flexibility index (Phi) is 7.01. The molecule has 1 nitrogen and oxygen atoms in total. The molecule has 190 valence electrons. The molecule has 0 unspecified atom stereocenters. The predicted molar refractivity (Wildman–Crippen MR) is 143 cm³/mol. The van der Waals surface area contributed by atoms with E-state index in [9.17, 15) is 17.6 Å². The minimum Gasteiger partial charge on any atom is -0.398 e. The Bertz CT molecular complexity index is 1330. The van der Waals surface area contributed by atoms with Crippen molar-refractivity contribution >= 4 is 5.69 Å². The fourth-order valence-electron chi connectivity index (χ4n) is 5.06. The van der Waals surface area contributed by atoms with E-state index in [1.807, 2.05) is 19.1 Å². The summed E-state index contributed by atoms with van der Waals surface area (Å²) in [6, 6.07) is 28.6. The first-order valence-corrected chi connectivity index (χ1v) is 12.2. The van der Waals surface area contributed by atoms with Gasteiger partial charge >= 0.3 is 0 Å². The maximum atomic E-state index is 13.8. The molecule has 5 rings (SSSR count). The second kappa shape index (κ2) is 10.5. The van der Waals surface area contributed by atoms with Gasteiger partial charge in [-0.3, -0.25) is 0 Å². The highest BCUT2D eigenvalue weighted by Gasteiger charge is 2.26. The van der Waals surface area contributed by atoms with Crippen LogP contribution in [0.4, 0.5) is 23.2 Å². The quantitative estimate of drug-likeness (QED) is 0.138. The first-order valence-electron chi connectivity index (χ1n) is 12.2. The highest BCUT2D eigenvalue weighted by molar-refractivity contribution is 5.65. The van der Waals surface area contributed by atoms with E-state index in [-0.39, 0.29) is 23.3 Å². The number of hydrogen-bond donors (Lipinski definition) is 1. The zero-order chi connectivity index (χ0) is 26.8. The van der Waals surface area contributed by atoms with Gasteiger partial charge < -0.3 is 5.73 Å². The van der Waals surface area contributed by atoms with Crippen LogP contribution in [0, 0.1) is 30.2 Å². The smallest absolute Gasteiger partial charge is 0.123 e. The van der Waals surface area contributed by atoms with Crippen molar-refractivity contribution in [1.82, 2.24) is 0 Å². The number of nitrogen functional groups attached to an aromatic ring is 1. The Morgan fingerprint density at radius 2 is 0.684 bits per heavy atom. The summed E-state index contributed by atoms with van der Waals surface area (Å²) in [5.74, 6) is -2.27. The second-order valence-electron chi connectivity index (χ2n) is 9.43. The van der Waals surface area contributed by atoms with Crippen molar-refractivity contribution in [2.45, 2.75) is 18.8 Å². The van der Waals surface area contributed by atoms with Gasteiger partial charge in [0.15, 0.2) is 0 Å². The summed E-state index contributed by atoms with van der Waals surface area (Å²) < 4.78 is 55.3. The van der Waals surface area contributed by atoms with Crippen LogP contribution in [0.15, 0.2) is 109 Å². The Labute approximate surface area is 219 Å². The van der Waals surface area contributed by atoms with E-state index >= 15 is 0 Å². The van der Waals surface area contributed by atoms with Crippen LogP contribution < -0.4 is 5.73 Å². The van der Waals surface area contributed by atoms with Crippen molar-refractivity contribution in [3.8, 4) is 0 Å². The van der Waals surface area contributed by atoms with Crippen LogP contribution in [0.25, 0.3) is 0 Å². The van der Waals surface area contributed by atoms with Crippen LogP contribution in [0.1, 0.15) is 50.8 Å². The molecule has 0 aliphatic carbocycles. The summed E-state index contributed by atoms with van der Waals surface area (Å²) in [5, 5.41) is 0. The van der Waals surface area contributed by atoms with Gasteiger partial charge in [0.25, 0.3) is 0 Å². The fourth-order valence-corrected chi connectivity index (χ4v) is 5.06. The molecule has 0 amide bonds. The lowest BCUT2D eigenvalue weighted by molar-refractivity contribution is 0.625. The van der Waals surface area contributed by atoms with Crippen LogP contribution in [0.3, 0.4) is 0 Å². The van der Waals surface area contributed by atoms with E-state index in [4.69, 9.17) is 5.73 Å². The summed E-state index contributed by atoms with van der Waals surface area (Å²) >= 11 is 0. The van der Waals surface area contributed by atoms with Crippen molar-refractivity contribution in [3.05, 3.63) is 171 Å². The molecule has 0 atom stereocenters.